The Kier molecular flexibility index (Phi) is 5.23. The van der Waals surface area contributed by atoms with Gasteiger partial charge in [0, 0.05) is 24.2 Å². The average molecular weight is 389 g/mol. The monoisotopic (exact) mass is 388 g/mol. The first-order valence-corrected chi connectivity index (χ1v) is 9.82. The van der Waals surface area contributed by atoms with Crippen molar-refractivity contribution in [3.05, 3.63) is 71.8 Å². The topological polar surface area (TPSA) is 49.4 Å². The van der Waals surface area contributed by atoms with Crippen LogP contribution in [0.1, 0.15) is 11.1 Å². The van der Waals surface area contributed by atoms with E-state index in [0.29, 0.717) is 10.6 Å². The second kappa shape index (κ2) is 7.27. The van der Waals surface area contributed by atoms with E-state index in [2.05, 4.69) is 16.7 Å². The number of nitrogens with zero attached hydrogens (tertiary/aromatic N) is 1. The molecule has 0 radical (unpaired) electrons. The molecule has 0 fully saturated rings. The van der Waals surface area contributed by atoms with Gasteiger partial charge in [-0.05, 0) is 48.2 Å². The van der Waals surface area contributed by atoms with E-state index >= 15 is 0 Å². The summed E-state index contributed by atoms with van der Waals surface area (Å²) in [5, 5.41) is 1.65. The van der Waals surface area contributed by atoms with Crippen LogP contribution in [0, 0.1) is 0 Å². The lowest BCUT2D eigenvalue weighted by atomic mass is 10.00. The van der Waals surface area contributed by atoms with Gasteiger partial charge in [-0.25, -0.2) is 8.42 Å². The van der Waals surface area contributed by atoms with Crippen molar-refractivity contribution in [3.63, 3.8) is 0 Å². The quantitative estimate of drug-likeness (QED) is 0.736. The number of benzene rings is 3. The molecule has 1 N–H and O–H groups in total. The van der Waals surface area contributed by atoms with Gasteiger partial charge in [0.15, 0.2) is 0 Å². The van der Waals surface area contributed by atoms with Gasteiger partial charge in [-0.1, -0.05) is 42.5 Å². The molecule has 0 bridgehead atoms. The zero-order chi connectivity index (χ0) is 17.4. The second-order valence-electron chi connectivity index (χ2n) is 6.55. The molecule has 1 aliphatic rings. The van der Waals surface area contributed by atoms with Gasteiger partial charge in [-0.15, -0.1) is 12.4 Å². The molecule has 0 saturated carbocycles. The van der Waals surface area contributed by atoms with Crippen LogP contribution in [0.4, 0.5) is 5.69 Å². The van der Waals surface area contributed by atoms with Crippen molar-refractivity contribution < 1.29 is 8.42 Å². The van der Waals surface area contributed by atoms with E-state index in [1.165, 1.54) is 11.1 Å². The molecule has 0 spiro atoms. The van der Waals surface area contributed by atoms with Gasteiger partial charge in [-0.3, -0.25) is 4.72 Å². The van der Waals surface area contributed by atoms with Crippen LogP contribution in [-0.4, -0.2) is 26.9 Å². The van der Waals surface area contributed by atoms with E-state index < -0.39 is 10.0 Å². The maximum atomic E-state index is 12.9. The van der Waals surface area contributed by atoms with Crippen LogP contribution < -0.4 is 4.72 Å². The summed E-state index contributed by atoms with van der Waals surface area (Å²) < 4.78 is 28.6. The fourth-order valence-corrected chi connectivity index (χ4v) is 4.68. The SMILES string of the molecule is CN1CCc2cc(NS(=O)(=O)c3cccc4ccccc34)ccc2C1.Cl. The fraction of sp³-hybridized carbons (Fsp3) is 0.200. The van der Waals surface area contributed by atoms with E-state index in [9.17, 15) is 8.42 Å². The first-order chi connectivity index (χ1) is 12.0. The Hall–Kier alpha value is -2.08. The molecule has 3 aromatic rings. The molecular weight excluding hydrogens is 368 g/mol. The van der Waals surface area contributed by atoms with Gasteiger partial charge in [0.25, 0.3) is 10.0 Å². The van der Waals surface area contributed by atoms with Crippen LogP contribution in [-0.2, 0) is 23.0 Å². The first-order valence-electron chi connectivity index (χ1n) is 8.34. The molecule has 0 unspecified atom stereocenters. The summed E-state index contributed by atoms with van der Waals surface area (Å²) >= 11 is 0. The summed E-state index contributed by atoms with van der Waals surface area (Å²) in [5.41, 5.74) is 3.11. The van der Waals surface area contributed by atoms with Crippen molar-refractivity contribution in [2.45, 2.75) is 17.9 Å². The fourth-order valence-electron chi connectivity index (χ4n) is 3.40. The zero-order valence-corrected chi connectivity index (χ0v) is 16.1. The number of nitrogens with one attached hydrogen (secondary N) is 1. The minimum Gasteiger partial charge on any atom is -0.302 e. The number of anilines is 1. The summed E-state index contributed by atoms with van der Waals surface area (Å²) in [6.45, 7) is 1.90. The van der Waals surface area contributed by atoms with Crippen LogP contribution in [0.5, 0.6) is 0 Å². The number of rotatable bonds is 3. The average Bonchev–Trinajstić information content (AvgIpc) is 2.61. The number of fused-ring (bicyclic) bond motifs is 2. The highest BCUT2D eigenvalue weighted by atomic mass is 35.5. The largest absolute Gasteiger partial charge is 0.302 e. The van der Waals surface area contributed by atoms with Crippen LogP contribution >= 0.6 is 12.4 Å². The second-order valence-corrected chi connectivity index (χ2v) is 8.20. The highest BCUT2D eigenvalue weighted by Gasteiger charge is 2.19. The predicted octanol–water partition coefficient (Wildman–Crippen LogP) is 4.05. The molecular formula is C20H21ClN2O2S. The summed E-state index contributed by atoms with van der Waals surface area (Å²) in [6, 6.07) is 18.7. The third-order valence-electron chi connectivity index (χ3n) is 4.70. The normalized spacial score (nSPS) is 14.5. The number of sulfonamides is 1. The Bertz CT molecular complexity index is 1050. The molecule has 0 aliphatic carbocycles. The first kappa shape index (κ1) is 18.7. The van der Waals surface area contributed by atoms with E-state index in [4.69, 9.17) is 0 Å². The third kappa shape index (κ3) is 3.56. The molecule has 6 heteroatoms. The van der Waals surface area contributed by atoms with Crippen molar-refractivity contribution >= 4 is 38.9 Å². The maximum Gasteiger partial charge on any atom is 0.262 e. The lowest BCUT2D eigenvalue weighted by Crippen LogP contribution is -2.26. The van der Waals surface area contributed by atoms with E-state index in [1.807, 2.05) is 48.5 Å². The Morgan fingerprint density at radius 2 is 1.73 bits per heavy atom. The lowest BCUT2D eigenvalue weighted by molar-refractivity contribution is 0.313. The van der Waals surface area contributed by atoms with Gasteiger partial charge in [0.05, 0.1) is 4.90 Å². The molecule has 0 atom stereocenters. The number of hydrogen-bond acceptors (Lipinski definition) is 3. The molecule has 0 amide bonds. The van der Waals surface area contributed by atoms with Crippen molar-refractivity contribution in [1.29, 1.82) is 0 Å². The van der Waals surface area contributed by atoms with Crippen molar-refractivity contribution in [2.75, 3.05) is 18.3 Å². The Balaban J connectivity index is 0.00000196. The van der Waals surface area contributed by atoms with E-state index in [1.54, 1.807) is 12.1 Å². The molecule has 0 aromatic heterocycles. The van der Waals surface area contributed by atoms with Crippen molar-refractivity contribution in [1.82, 2.24) is 4.90 Å². The summed E-state index contributed by atoms with van der Waals surface area (Å²) in [5.74, 6) is 0. The molecule has 3 aromatic carbocycles. The highest BCUT2D eigenvalue weighted by molar-refractivity contribution is 7.93. The Labute approximate surface area is 160 Å². The molecule has 136 valence electrons. The summed E-state index contributed by atoms with van der Waals surface area (Å²) in [4.78, 5) is 2.57. The standard InChI is InChI=1S/C20H20N2O2S.ClH/c1-22-12-11-16-13-18(10-9-17(16)14-22)21-25(23,24)20-8-4-6-15-5-2-3-7-19(15)20;/h2-10,13,21H,11-12,14H2,1H3;1H. The predicted molar refractivity (Wildman–Crippen MR) is 108 cm³/mol. The van der Waals surface area contributed by atoms with Crippen molar-refractivity contribution in [2.24, 2.45) is 0 Å². The minimum absolute atomic E-state index is 0. The van der Waals surface area contributed by atoms with Gasteiger partial charge < -0.3 is 4.90 Å². The van der Waals surface area contributed by atoms with Crippen molar-refractivity contribution in [3.8, 4) is 0 Å². The molecule has 4 nitrogen and oxygen atoms in total. The molecule has 26 heavy (non-hydrogen) atoms. The minimum atomic E-state index is -3.64. The van der Waals surface area contributed by atoms with Gasteiger partial charge in [0.2, 0.25) is 0 Å². The number of halogens is 1. The van der Waals surface area contributed by atoms with E-state index in [-0.39, 0.29) is 12.4 Å². The Morgan fingerprint density at radius 1 is 0.962 bits per heavy atom. The van der Waals surface area contributed by atoms with Crippen LogP contribution in [0.25, 0.3) is 10.8 Å². The Morgan fingerprint density at radius 3 is 2.58 bits per heavy atom. The summed E-state index contributed by atoms with van der Waals surface area (Å²) in [6.07, 6.45) is 0.940. The molecule has 1 aliphatic heterocycles. The zero-order valence-electron chi connectivity index (χ0n) is 14.5. The van der Waals surface area contributed by atoms with Crippen LogP contribution in [0.15, 0.2) is 65.6 Å². The molecule has 4 rings (SSSR count). The van der Waals surface area contributed by atoms with E-state index in [0.717, 1.165) is 30.3 Å². The number of likely N-dealkylation sites (N-methyl/N-ethyl adjacent to an activating group) is 1. The highest BCUT2D eigenvalue weighted by Crippen LogP contribution is 2.27. The maximum absolute atomic E-state index is 12.9. The number of hydrogen-bond donors (Lipinski definition) is 1. The summed E-state index contributed by atoms with van der Waals surface area (Å²) in [7, 11) is -1.54. The van der Waals surface area contributed by atoms with Gasteiger partial charge in [0.1, 0.15) is 0 Å². The van der Waals surface area contributed by atoms with Gasteiger partial charge >= 0.3 is 0 Å². The smallest absolute Gasteiger partial charge is 0.262 e. The third-order valence-corrected chi connectivity index (χ3v) is 6.14. The van der Waals surface area contributed by atoms with Crippen LogP contribution in [0.2, 0.25) is 0 Å². The molecule has 1 heterocycles. The van der Waals surface area contributed by atoms with Gasteiger partial charge in [-0.2, -0.15) is 0 Å². The van der Waals surface area contributed by atoms with Crippen LogP contribution in [0.3, 0.4) is 0 Å². The lowest BCUT2D eigenvalue weighted by Gasteiger charge is -2.25. The molecule has 0 saturated heterocycles.